The lowest BCUT2D eigenvalue weighted by molar-refractivity contribution is 0.0694. The molecule has 104 valence electrons. The first-order valence-corrected chi connectivity index (χ1v) is 8.84. The zero-order valence-corrected chi connectivity index (χ0v) is 13.7. The Bertz CT molecular complexity index is 459. The third-order valence-corrected chi connectivity index (χ3v) is 6.70. The number of carbonyl (C=O) groups is 1. The van der Waals surface area contributed by atoms with Crippen LogP contribution in [0.3, 0.4) is 0 Å². The van der Waals surface area contributed by atoms with E-state index in [4.69, 9.17) is 0 Å². The summed E-state index contributed by atoms with van der Waals surface area (Å²) in [5.41, 5.74) is 1.17. The molecule has 0 bridgehead atoms. The minimum atomic E-state index is 0.258. The molecule has 0 radical (unpaired) electrons. The molecule has 2 heterocycles. The molecular weight excluding hydrogens is 322 g/mol. The van der Waals surface area contributed by atoms with Gasteiger partial charge in [0.2, 0.25) is 0 Å². The first-order valence-electron chi connectivity index (χ1n) is 7.23. The van der Waals surface area contributed by atoms with Crippen molar-refractivity contribution in [3.05, 3.63) is 20.3 Å². The third-order valence-electron chi connectivity index (χ3n) is 4.57. The molecule has 19 heavy (non-hydrogen) atoms. The molecule has 1 saturated carbocycles. The number of hydrogen-bond acceptors (Lipinski definition) is 2. The lowest BCUT2D eigenvalue weighted by atomic mass is 9.96. The zero-order chi connectivity index (χ0) is 13.4. The topological polar surface area (TPSA) is 20.3 Å². The van der Waals surface area contributed by atoms with Crippen molar-refractivity contribution in [2.24, 2.45) is 5.92 Å². The number of nitrogens with zero attached hydrogens (tertiary/aromatic N) is 1. The molecule has 3 rings (SSSR count). The van der Waals surface area contributed by atoms with E-state index in [1.165, 1.54) is 44.1 Å². The lowest BCUT2D eigenvalue weighted by Crippen LogP contribution is -2.39. The standard InChI is InChI=1S/C15H20BrNOS/c1-10-9-13(19-14(10)16)15(18)17-8-4-7-12(17)11-5-2-3-6-11/h9,11-12H,2-8H2,1H3. The second kappa shape index (κ2) is 5.57. The van der Waals surface area contributed by atoms with Crippen LogP contribution in [-0.2, 0) is 0 Å². The summed E-state index contributed by atoms with van der Waals surface area (Å²) in [5.74, 6) is 1.02. The van der Waals surface area contributed by atoms with Gasteiger partial charge in [-0.1, -0.05) is 12.8 Å². The SMILES string of the molecule is Cc1cc(C(=O)N2CCCC2C2CCCC2)sc1Br. The minimum Gasteiger partial charge on any atom is -0.335 e. The second-order valence-corrected chi connectivity index (χ2v) is 8.19. The predicted octanol–water partition coefficient (Wildman–Crippen LogP) is 4.61. The number of likely N-dealkylation sites (tertiary alicyclic amines) is 1. The highest BCUT2D eigenvalue weighted by Gasteiger charge is 2.36. The highest BCUT2D eigenvalue weighted by atomic mass is 79.9. The Morgan fingerprint density at radius 2 is 2.05 bits per heavy atom. The monoisotopic (exact) mass is 341 g/mol. The van der Waals surface area contributed by atoms with Crippen molar-refractivity contribution in [2.75, 3.05) is 6.54 Å². The van der Waals surface area contributed by atoms with E-state index >= 15 is 0 Å². The zero-order valence-electron chi connectivity index (χ0n) is 11.3. The van der Waals surface area contributed by atoms with Crippen LogP contribution in [0.25, 0.3) is 0 Å². The molecule has 0 aromatic carbocycles. The van der Waals surface area contributed by atoms with Crippen molar-refractivity contribution >= 4 is 33.2 Å². The van der Waals surface area contributed by atoms with Gasteiger partial charge in [0.05, 0.1) is 8.66 Å². The molecule has 1 amide bonds. The number of amides is 1. The largest absolute Gasteiger partial charge is 0.335 e. The molecule has 1 aromatic heterocycles. The molecule has 1 atom stereocenters. The van der Waals surface area contributed by atoms with Crippen molar-refractivity contribution in [2.45, 2.75) is 51.5 Å². The van der Waals surface area contributed by atoms with E-state index in [2.05, 4.69) is 27.8 Å². The summed E-state index contributed by atoms with van der Waals surface area (Å²) in [6.07, 6.45) is 7.74. The van der Waals surface area contributed by atoms with Gasteiger partial charge < -0.3 is 4.90 Å². The van der Waals surface area contributed by atoms with E-state index in [0.717, 1.165) is 21.1 Å². The Morgan fingerprint density at radius 1 is 1.32 bits per heavy atom. The highest BCUT2D eigenvalue weighted by Crippen LogP contribution is 2.37. The summed E-state index contributed by atoms with van der Waals surface area (Å²) in [6.45, 7) is 3.00. The molecule has 2 aliphatic rings. The van der Waals surface area contributed by atoms with Crippen molar-refractivity contribution < 1.29 is 4.79 Å². The van der Waals surface area contributed by atoms with Crippen molar-refractivity contribution in [1.82, 2.24) is 4.90 Å². The minimum absolute atomic E-state index is 0.258. The van der Waals surface area contributed by atoms with E-state index in [-0.39, 0.29) is 5.91 Å². The van der Waals surface area contributed by atoms with Gasteiger partial charge in [-0.3, -0.25) is 4.79 Å². The summed E-state index contributed by atoms with van der Waals surface area (Å²) in [4.78, 5) is 15.8. The number of aryl methyl sites for hydroxylation is 1. The molecule has 0 spiro atoms. The molecule has 0 N–H and O–H groups in total. The van der Waals surface area contributed by atoms with E-state index in [0.29, 0.717) is 6.04 Å². The number of rotatable bonds is 2. The molecule has 1 saturated heterocycles. The van der Waals surface area contributed by atoms with E-state index in [1.807, 2.05) is 6.07 Å². The van der Waals surface area contributed by atoms with Gasteiger partial charge in [-0.25, -0.2) is 0 Å². The van der Waals surface area contributed by atoms with Crippen LogP contribution >= 0.6 is 27.3 Å². The Kier molecular flexibility index (Phi) is 3.99. The van der Waals surface area contributed by atoms with Gasteiger partial charge >= 0.3 is 0 Å². The van der Waals surface area contributed by atoms with E-state index in [9.17, 15) is 4.79 Å². The summed E-state index contributed by atoms with van der Waals surface area (Å²) in [7, 11) is 0. The fourth-order valence-electron chi connectivity index (χ4n) is 3.58. The van der Waals surface area contributed by atoms with E-state index < -0.39 is 0 Å². The van der Waals surface area contributed by atoms with E-state index in [1.54, 1.807) is 11.3 Å². The lowest BCUT2D eigenvalue weighted by Gasteiger charge is -2.29. The van der Waals surface area contributed by atoms with Gasteiger partial charge in [-0.2, -0.15) is 0 Å². The fourth-order valence-corrected chi connectivity index (χ4v) is 5.07. The van der Waals surface area contributed by atoms with Gasteiger partial charge in [0.15, 0.2) is 0 Å². The Hall–Kier alpha value is -0.350. The number of carbonyl (C=O) groups excluding carboxylic acids is 1. The van der Waals surface area contributed by atoms with Gasteiger partial charge in [-0.15, -0.1) is 11.3 Å². The molecule has 1 aliphatic carbocycles. The summed E-state index contributed by atoms with van der Waals surface area (Å²) < 4.78 is 1.09. The third kappa shape index (κ3) is 2.62. The van der Waals surface area contributed by atoms with Crippen LogP contribution in [0.2, 0.25) is 0 Å². The maximum Gasteiger partial charge on any atom is 0.264 e. The maximum absolute atomic E-state index is 12.7. The predicted molar refractivity (Wildman–Crippen MR) is 82.8 cm³/mol. The molecule has 2 fully saturated rings. The van der Waals surface area contributed by atoms with Gasteiger partial charge in [0, 0.05) is 12.6 Å². The Morgan fingerprint density at radius 3 is 2.68 bits per heavy atom. The molecule has 1 unspecified atom stereocenters. The van der Waals surface area contributed by atoms with Crippen LogP contribution in [0.5, 0.6) is 0 Å². The molecule has 1 aromatic rings. The summed E-state index contributed by atoms with van der Waals surface area (Å²) >= 11 is 5.10. The van der Waals surface area contributed by atoms with Gasteiger partial charge in [0.1, 0.15) is 0 Å². The smallest absolute Gasteiger partial charge is 0.264 e. The van der Waals surface area contributed by atoms with Crippen LogP contribution in [0.1, 0.15) is 53.8 Å². The van der Waals surface area contributed by atoms with Crippen LogP contribution in [0.15, 0.2) is 9.85 Å². The average Bonchev–Trinajstić information content (AvgIpc) is 3.09. The van der Waals surface area contributed by atoms with Crippen molar-refractivity contribution in [1.29, 1.82) is 0 Å². The first kappa shape index (κ1) is 13.6. The first-order chi connectivity index (χ1) is 9.16. The normalized spacial score (nSPS) is 24.3. The van der Waals surface area contributed by atoms with Crippen LogP contribution < -0.4 is 0 Å². The Labute approximate surface area is 127 Å². The van der Waals surface area contributed by atoms with Gasteiger partial charge in [0.25, 0.3) is 5.91 Å². The molecule has 2 nitrogen and oxygen atoms in total. The van der Waals surface area contributed by atoms with Crippen molar-refractivity contribution in [3.8, 4) is 0 Å². The second-order valence-electron chi connectivity index (χ2n) is 5.82. The summed E-state index contributed by atoms with van der Waals surface area (Å²) in [5, 5.41) is 0. The van der Waals surface area contributed by atoms with Crippen LogP contribution in [0, 0.1) is 12.8 Å². The maximum atomic E-state index is 12.7. The molecule has 1 aliphatic heterocycles. The molecule has 4 heteroatoms. The van der Waals surface area contributed by atoms with Gasteiger partial charge in [-0.05, 0) is 66.1 Å². The fraction of sp³-hybridized carbons (Fsp3) is 0.667. The number of hydrogen-bond donors (Lipinski definition) is 0. The molecular formula is C15H20BrNOS. The highest BCUT2D eigenvalue weighted by molar-refractivity contribution is 9.11. The van der Waals surface area contributed by atoms with Crippen LogP contribution in [-0.4, -0.2) is 23.4 Å². The number of halogens is 1. The van der Waals surface area contributed by atoms with Crippen molar-refractivity contribution in [3.63, 3.8) is 0 Å². The number of thiophene rings is 1. The van der Waals surface area contributed by atoms with Crippen LogP contribution in [0.4, 0.5) is 0 Å². The summed E-state index contributed by atoms with van der Waals surface area (Å²) in [6, 6.07) is 2.54. The quantitative estimate of drug-likeness (QED) is 0.768. The average molecular weight is 342 g/mol. The Balaban J connectivity index is 1.78.